The highest BCUT2D eigenvalue weighted by Gasteiger charge is 2.19. The summed E-state index contributed by atoms with van der Waals surface area (Å²) in [6.45, 7) is 2.09. The molecular weight excluding hydrogens is 590 g/mol. The number of para-hydroxylation sites is 1. The number of hydrogen-bond donors (Lipinski definition) is 1. The van der Waals surface area contributed by atoms with Gasteiger partial charge in [-0.1, -0.05) is 12.1 Å². The molecule has 0 spiro atoms. The van der Waals surface area contributed by atoms with Gasteiger partial charge in [0.15, 0.2) is 11.5 Å². The molecule has 0 atom stereocenters. The SMILES string of the molecule is CCOc1cc(C=Nn2c(=O)[nH]c3ccccc3c2=O)c(Br)c(Br)c1Oc1ccc([N+](=O)[O-])cn1. The summed E-state index contributed by atoms with van der Waals surface area (Å²) in [5.41, 5.74) is -0.533. The molecule has 0 unspecified atom stereocenters. The van der Waals surface area contributed by atoms with Crippen molar-refractivity contribution >= 4 is 54.7 Å². The molecule has 0 radical (unpaired) electrons. The molecule has 0 amide bonds. The van der Waals surface area contributed by atoms with Gasteiger partial charge in [-0.25, -0.2) is 9.78 Å². The first-order valence-electron chi connectivity index (χ1n) is 10.0. The van der Waals surface area contributed by atoms with Gasteiger partial charge in [0.2, 0.25) is 5.88 Å². The molecule has 178 valence electrons. The summed E-state index contributed by atoms with van der Waals surface area (Å²) in [6, 6.07) is 10.9. The Balaban J connectivity index is 1.74. The maximum atomic E-state index is 12.7. The van der Waals surface area contributed by atoms with Crippen molar-refractivity contribution < 1.29 is 14.4 Å². The zero-order valence-electron chi connectivity index (χ0n) is 17.9. The maximum absolute atomic E-state index is 12.7. The normalized spacial score (nSPS) is 11.2. The van der Waals surface area contributed by atoms with Gasteiger partial charge < -0.3 is 14.5 Å². The molecule has 0 aliphatic rings. The third kappa shape index (κ3) is 5.00. The second-order valence-corrected chi connectivity index (χ2v) is 8.49. The number of benzene rings is 2. The standard InChI is InChI=1S/C22H15Br2N5O6/c1-2-34-16-9-12(10-26-28-21(30)14-5-3-4-6-15(14)27-22(28)31)18(23)19(24)20(16)35-17-8-7-13(11-25-17)29(32)33/h3-11H,2H2,1H3,(H,27,31). The summed E-state index contributed by atoms with van der Waals surface area (Å²) in [7, 11) is 0. The molecule has 0 aliphatic heterocycles. The predicted octanol–water partition coefficient (Wildman–Crippen LogP) is 4.59. The third-order valence-electron chi connectivity index (χ3n) is 4.69. The van der Waals surface area contributed by atoms with E-state index >= 15 is 0 Å². The third-order valence-corrected chi connectivity index (χ3v) is 6.83. The number of halogens is 2. The number of nitrogens with one attached hydrogen (secondary N) is 1. The first kappa shape index (κ1) is 24.3. The number of H-pyrrole nitrogens is 1. The Bertz CT molecular complexity index is 1580. The summed E-state index contributed by atoms with van der Waals surface area (Å²) in [4.78, 5) is 42.0. The average Bonchev–Trinajstić information content (AvgIpc) is 2.84. The van der Waals surface area contributed by atoms with Crippen LogP contribution in [0, 0.1) is 10.1 Å². The van der Waals surface area contributed by atoms with E-state index in [0.717, 1.165) is 10.9 Å². The van der Waals surface area contributed by atoms with Gasteiger partial charge in [0.05, 0.1) is 33.1 Å². The van der Waals surface area contributed by atoms with Crippen molar-refractivity contribution in [2.24, 2.45) is 5.10 Å². The minimum absolute atomic E-state index is 0.111. The summed E-state index contributed by atoms with van der Waals surface area (Å²) in [5.74, 6) is 0.682. The lowest BCUT2D eigenvalue weighted by molar-refractivity contribution is -0.385. The summed E-state index contributed by atoms with van der Waals surface area (Å²) in [5, 5.41) is 15.3. The zero-order valence-corrected chi connectivity index (χ0v) is 21.1. The number of aromatic nitrogens is 3. The fraction of sp³-hybridized carbons (Fsp3) is 0.0909. The molecule has 2 heterocycles. The highest BCUT2D eigenvalue weighted by atomic mass is 79.9. The van der Waals surface area contributed by atoms with Crippen LogP contribution in [0.2, 0.25) is 0 Å². The summed E-state index contributed by atoms with van der Waals surface area (Å²) in [6.07, 6.45) is 2.41. The molecule has 13 heteroatoms. The molecular formula is C22H15Br2N5O6. The first-order valence-corrected chi connectivity index (χ1v) is 11.6. The molecule has 0 fully saturated rings. The number of nitrogens with zero attached hydrogens (tertiary/aromatic N) is 4. The van der Waals surface area contributed by atoms with E-state index in [1.807, 2.05) is 0 Å². The molecule has 0 saturated heterocycles. The van der Waals surface area contributed by atoms with E-state index in [2.05, 4.69) is 46.9 Å². The molecule has 2 aromatic heterocycles. The largest absolute Gasteiger partial charge is 0.490 e. The molecule has 35 heavy (non-hydrogen) atoms. The first-order chi connectivity index (χ1) is 16.8. The lowest BCUT2D eigenvalue weighted by atomic mass is 10.2. The quantitative estimate of drug-likeness (QED) is 0.185. The molecule has 0 saturated carbocycles. The predicted molar refractivity (Wildman–Crippen MR) is 136 cm³/mol. The number of pyridine rings is 1. The number of aromatic amines is 1. The van der Waals surface area contributed by atoms with Crippen molar-refractivity contribution in [1.82, 2.24) is 14.6 Å². The highest BCUT2D eigenvalue weighted by Crippen LogP contribution is 2.44. The number of fused-ring (bicyclic) bond motifs is 1. The van der Waals surface area contributed by atoms with Gasteiger partial charge in [-0.05, 0) is 57.0 Å². The highest BCUT2D eigenvalue weighted by molar-refractivity contribution is 9.13. The van der Waals surface area contributed by atoms with Gasteiger partial charge in [-0.15, -0.1) is 4.68 Å². The zero-order chi connectivity index (χ0) is 25.1. The molecule has 0 aliphatic carbocycles. The smallest absolute Gasteiger partial charge is 0.349 e. The van der Waals surface area contributed by atoms with Gasteiger partial charge in [-0.2, -0.15) is 5.10 Å². The van der Waals surface area contributed by atoms with Gasteiger partial charge in [-0.3, -0.25) is 14.9 Å². The van der Waals surface area contributed by atoms with E-state index in [1.165, 1.54) is 18.3 Å². The Morgan fingerprint density at radius 3 is 2.66 bits per heavy atom. The van der Waals surface area contributed by atoms with Crippen molar-refractivity contribution in [1.29, 1.82) is 0 Å². The minimum Gasteiger partial charge on any atom is -0.490 e. The number of rotatable bonds is 7. The topological polar surface area (TPSA) is 142 Å². The maximum Gasteiger partial charge on any atom is 0.349 e. The van der Waals surface area contributed by atoms with Crippen LogP contribution in [0.3, 0.4) is 0 Å². The lowest BCUT2D eigenvalue weighted by Crippen LogP contribution is -2.32. The lowest BCUT2D eigenvalue weighted by Gasteiger charge is -2.15. The van der Waals surface area contributed by atoms with E-state index in [1.54, 1.807) is 37.3 Å². The Morgan fingerprint density at radius 1 is 1.20 bits per heavy atom. The Hall–Kier alpha value is -3.84. The number of hydrogen-bond acceptors (Lipinski definition) is 8. The number of nitro groups is 1. The van der Waals surface area contributed by atoms with Crippen LogP contribution in [0.5, 0.6) is 17.4 Å². The van der Waals surface area contributed by atoms with Crippen LogP contribution in [0.4, 0.5) is 5.69 Å². The van der Waals surface area contributed by atoms with E-state index in [9.17, 15) is 19.7 Å². The van der Waals surface area contributed by atoms with E-state index < -0.39 is 16.2 Å². The van der Waals surface area contributed by atoms with Crippen LogP contribution < -0.4 is 20.7 Å². The summed E-state index contributed by atoms with van der Waals surface area (Å²) < 4.78 is 13.2. The summed E-state index contributed by atoms with van der Waals surface area (Å²) >= 11 is 6.90. The van der Waals surface area contributed by atoms with Crippen molar-refractivity contribution in [3.63, 3.8) is 0 Å². The molecule has 4 rings (SSSR count). The van der Waals surface area contributed by atoms with E-state index in [0.29, 0.717) is 37.8 Å². The second-order valence-electron chi connectivity index (χ2n) is 6.91. The van der Waals surface area contributed by atoms with Crippen LogP contribution >= 0.6 is 31.9 Å². The van der Waals surface area contributed by atoms with Crippen LogP contribution in [-0.2, 0) is 0 Å². The Labute approximate surface area is 213 Å². The molecule has 4 aromatic rings. The molecule has 0 bridgehead atoms. The van der Waals surface area contributed by atoms with Gasteiger partial charge in [0.1, 0.15) is 6.20 Å². The van der Waals surface area contributed by atoms with Crippen LogP contribution in [-0.4, -0.2) is 32.4 Å². The molecule has 1 N–H and O–H groups in total. The van der Waals surface area contributed by atoms with Crippen molar-refractivity contribution in [3.05, 3.63) is 94.1 Å². The van der Waals surface area contributed by atoms with E-state index in [4.69, 9.17) is 9.47 Å². The second kappa shape index (κ2) is 10.2. The van der Waals surface area contributed by atoms with Crippen molar-refractivity contribution in [2.75, 3.05) is 6.61 Å². The monoisotopic (exact) mass is 603 g/mol. The Kier molecular flexibility index (Phi) is 7.07. The van der Waals surface area contributed by atoms with Crippen molar-refractivity contribution in [2.45, 2.75) is 6.92 Å². The molecule has 2 aromatic carbocycles. The van der Waals surface area contributed by atoms with Crippen LogP contribution in [0.1, 0.15) is 12.5 Å². The fourth-order valence-electron chi connectivity index (χ4n) is 3.08. The van der Waals surface area contributed by atoms with E-state index in [-0.39, 0.29) is 17.3 Å². The van der Waals surface area contributed by atoms with Gasteiger partial charge in [0, 0.05) is 22.2 Å². The van der Waals surface area contributed by atoms with Crippen molar-refractivity contribution in [3.8, 4) is 17.4 Å². The Morgan fingerprint density at radius 2 is 1.97 bits per heavy atom. The van der Waals surface area contributed by atoms with Gasteiger partial charge >= 0.3 is 5.69 Å². The van der Waals surface area contributed by atoms with Crippen LogP contribution in [0.25, 0.3) is 10.9 Å². The minimum atomic E-state index is -0.686. The molecule has 11 nitrogen and oxygen atoms in total. The average molecular weight is 605 g/mol. The van der Waals surface area contributed by atoms with Crippen LogP contribution in [0.15, 0.2) is 72.3 Å². The van der Waals surface area contributed by atoms with Gasteiger partial charge in [0.25, 0.3) is 11.2 Å². The fourth-order valence-corrected chi connectivity index (χ4v) is 3.98. The number of ether oxygens (including phenoxy) is 2.